The van der Waals surface area contributed by atoms with E-state index in [4.69, 9.17) is 32.8 Å². The minimum Gasteiger partial charge on any atom is -0.454 e. The second-order valence-electron chi connectivity index (χ2n) is 5.00. The summed E-state index contributed by atoms with van der Waals surface area (Å²) in [4.78, 5) is 15.2. The number of oxime groups is 1. The number of nitro benzene ring substituents is 1. The molecule has 0 radical (unpaired) electrons. The molecular weight excluding hydrogens is 412 g/mol. The fourth-order valence-electron chi connectivity index (χ4n) is 1.97. The van der Waals surface area contributed by atoms with Gasteiger partial charge in [0.1, 0.15) is 12.4 Å². The van der Waals surface area contributed by atoms with Gasteiger partial charge in [0.05, 0.1) is 32.3 Å². The SMILES string of the molecule is CCON=Cc1cc(Oc2c(Cl)cc(C(F)(F)F)cc2Cl)ccc1[N+](=O)[O-]. The molecule has 0 N–H and O–H groups in total. The topological polar surface area (TPSA) is 74.0 Å². The minimum atomic E-state index is -4.62. The largest absolute Gasteiger partial charge is 0.454 e. The maximum atomic E-state index is 12.8. The molecule has 2 rings (SSSR count). The van der Waals surface area contributed by atoms with Crippen LogP contribution in [0.15, 0.2) is 35.5 Å². The fraction of sp³-hybridized carbons (Fsp3) is 0.188. The van der Waals surface area contributed by atoms with Crippen LogP contribution in [0.2, 0.25) is 10.0 Å². The number of alkyl halides is 3. The summed E-state index contributed by atoms with van der Waals surface area (Å²) in [7, 11) is 0. The Morgan fingerprint density at radius 3 is 2.37 bits per heavy atom. The van der Waals surface area contributed by atoms with Crippen LogP contribution in [-0.2, 0) is 11.0 Å². The van der Waals surface area contributed by atoms with E-state index in [1.54, 1.807) is 6.92 Å². The lowest BCUT2D eigenvalue weighted by molar-refractivity contribution is -0.385. The van der Waals surface area contributed by atoms with Gasteiger partial charge in [0.25, 0.3) is 5.69 Å². The van der Waals surface area contributed by atoms with Crippen LogP contribution >= 0.6 is 23.2 Å². The van der Waals surface area contributed by atoms with Crippen LogP contribution in [0, 0.1) is 10.1 Å². The van der Waals surface area contributed by atoms with Crippen LogP contribution in [-0.4, -0.2) is 17.7 Å². The van der Waals surface area contributed by atoms with Crippen molar-refractivity contribution < 1.29 is 27.7 Å². The molecule has 0 aromatic heterocycles. The molecule has 0 aliphatic rings. The van der Waals surface area contributed by atoms with Gasteiger partial charge >= 0.3 is 6.18 Å². The second-order valence-corrected chi connectivity index (χ2v) is 5.81. The molecule has 0 aliphatic heterocycles. The predicted octanol–water partition coefficient (Wildman–Crippen LogP) is 6.08. The summed E-state index contributed by atoms with van der Waals surface area (Å²) in [6, 6.07) is 5.00. The number of nitro groups is 1. The number of benzene rings is 2. The number of hydrogen-bond acceptors (Lipinski definition) is 5. The molecule has 2 aromatic rings. The van der Waals surface area contributed by atoms with Crippen molar-refractivity contribution in [1.29, 1.82) is 0 Å². The smallest absolute Gasteiger partial charge is 0.416 e. The van der Waals surface area contributed by atoms with Crippen molar-refractivity contribution in [2.24, 2.45) is 5.16 Å². The third-order valence-electron chi connectivity index (χ3n) is 3.14. The van der Waals surface area contributed by atoms with Crippen LogP contribution < -0.4 is 4.74 Å². The molecule has 144 valence electrons. The molecule has 0 unspecified atom stereocenters. The van der Waals surface area contributed by atoms with Crippen molar-refractivity contribution in [3.05, 3.63) is 61.6 Å². The zero-order valence-corrected chi connectivity index (χ0v) is 15.1. The standard InChI is InChI=1S/C16H11Cl2F3N2O4/c1-2-26-22-8-9-5-11(3-4-14(9)23(24)25)27-15-12(17)6-10(7-13(15)18)16(19,20)21/h3-8H,2H2,1H3. The van der Waals surface area contributed by atoms with Gasteiger partial charge in [0.2, 0.25) is 0 Å². The lowest BCUT2D eigenvalue weighted by Gasteiger charge is -2.13. The van der Waals surface area contributed by atoms with Gasteiger partial charge in [-0.25, -0.2) is 0 Å². The summed E-state index contributed by atoms with van der Waals surface area (Å²) in [6.45, 7) is 1.94. The van der Waals surface area contributed by atoms with Crippen molar-refractivity contribution in [2.45, 2.75) is 13.1 Å². The van der Waals surface area contributed by atoms with Gasteiger partial charge in [0.15, 0.2) is 5.75 Å². The summed E-state index contributed by atoms with van der Waals surface area (Å²) in [5, 5.41) is 13.9. The first kappa shape index (κ1) is 20.8. The summed E-state index contributed by atoms with van der Waals surface area (Å²) in [5.41, 5.74) is -1.24. The zero-order chi connectivity index (χ0) is 20.2. The molecule has 0 saturated heterocycles. The van der Waals surface area contributed by atoms with Crippen molar-refractivity contribution in [3.8, 4) is 11.5 Å². The number of hydrogen-bond donors (Lipinski definition) is 0. The molecular formula is C16H11Cl2F3N2O4. The lowest BCUT2D eigenvalue weighted by Crippen LogP contribution is -2.05. The first-order chi connectivity index (χ1) is 12.6. The Balaban J connectivity index is 2.40. The van der Waals surface area contributed by atoms with Crippen molar-refractivity contribution in [1.82, 2.24) is 0 Å². The first-order valence-corrected chi connectivity index (χ1v) is 8.07. The van der Waals surface area contributed by atoms with Gasteiger partial charge < -0.3 is 9.57 Å². The van der Waals surface area contributed by atoms with Gasteiger partial charge in [-0.2, -0.15) is 13.2 Å². The molecule has 0 aliphatic carbocycles. The number of halogens is 5. The Bertz CT molecular complexity index is 865. The van der Waals surface area contributed by atoms with E-state index in [2.05, 4.69) is 5.16 Å². The van der Waals surface area contributed by atoms with Crippen LogP contribution in [0.4, 0.5) is 18.9 Å². The number of nitrogens with zero attached hydrogens (tertiary/aromatic N) is 2. The van der Waals surface area contributed by atoms with Crippen molar-refractivity contribution >= 4 is 35.1 Å². The first-order valence-electron chi connectivity index (χ1n) is 7.31. The highest BCUT2D eigenvalue weighted by Gasteiger charge is 2.32. The molecule has 0 heterocycles. The second kappa shape index (κ2) is 8.45. The monoisotopic (exact) mass is 422 g/mol. The van der Waals surface area contributed by atoms with E-state index in [9.17, 15) is 23.3 Å². The molecule has 0 spiro atoms. The molecule has 27 heavy (non-hydrogen) atoms. The Morgan fingerprint density at radius 1 is 1.22 bits per heavy atom. The van der Waals surface area contributed by atoms with Gasteiger partial charge in [-0.1, -0.05) is 28.4 Å². The Morgan fingerprint density at radius 2 is 1.85 bits per heavy atom. The molecule has 0 saturated carbocycles. The van der Waals surface area contributed by atoms with Crippen LogP contribution in [0.5, 0.6) is 11.5 Å². The Hall–Kier alpha value is -2.52. The Labute approximate surface area is 161 Å². The fourth-order valence-corrected chi connectivity index (χ4v) is 2.54. The maximum absolute atomic E-state index is 12.8. The van der Waals surface area contributed by atoms with Gasteiger partial charge in [-0.3, -0.25) is 10.1 Å². The highest BCUT2D eigenvalue weighted by molar-refractivity contribution is 6.37. The van der Waals surface area contributed by atoms with Gasteiger partial charge in [-0.15, -0.1) is 0 Å². The number of ether oxygens (including phenoxy) is 1. The van der Waals surface area contributed by atoms with Crippen molar-refractivity contribution in [2.75, 3.05) is 6.61 Å². The minimum absolute atomic E-state index is 0.0575. The molecule has 11 heteroatoms. The van der Waals surface area contributed by atoms with Crippen LogP contribution in [0.25, 0.3) is 0 Å². The molecule has 0 amide bonds. The lowest BCUT2D eigenvalue weighted by atomic mass is 10.2. The van der Waals surface area contributed by atoms with Crippen LogP contribution in [0.1, 0.15) is 18.1 Å². The quantitative estimate of drug-likeness (QED) is 0.321. The zero-order valence-electron chi connectivity index (χ0n) is 13.6. The summed E-state index contributed by atoms with van der Waals surface area (Å²) < 4.78 is 43.8. The highest BCUT2D eigenvalue weighted by atomic mass is 35.5. The molecule has 0 atom stereocenters. The average molecular weight is 423 g/mol. The van der Waals surface area contributed by atoms with Gasteiger partial charge in [-0.05, 0) is 31.2 Å². The number of rotatable bonds is 6. The average Bonchev–Trinajstić information content (AvgIpc) is 2.57. The van der Waals surface area contributed by atoms with E-state index in [1.807, 2.05) is 0 Å². The summed E-state index contributed by atoms with van der Waals surface area (Å²) >= 11 is 11.7. The van der Waals surface area contributed by atoms with Crippen molar-refractivity contribution in [3.63, 3.8) is 0 Å². The maximum Gasteiger partial charge on any atom is 0.416 e. The van der Waals surface area contributed by atoms with E-state index in [0.29, 0.717) is 12.1 Å². The molecule has 6 nitrogen and oxygen atoms in total. The van der Waals surface area contributed by atoms with E-state index in [0.717, 1.165) is 12.3 Å². The van der Waals surface area contributed by atoms with Gasteiger partial charge in [0, 0.05) is 6.07 Å². The Kier molecular flexibility index (Phi) is 6.50. The van der Waals surface area contributed by atoms with E-state index in [1.165, 1.54) is 12.1 Å². The van der Waals surface area contributed by atoms with Crippen LogP contribution in [0.3, 0.4) is 0 Å². The van der Waals surface area contributed by atoms with E-state index >= 15 is 0 Å². The van der Waals surface area contributed by atoms with E-state index in [-0.39, 0.29) is 39.4 Å². The molecule has 2 aromatic carbocycles. The third kappa shape index (κ3) is 5.24. The molecule has 0 fully saturated rings. The summed E-state index contributed by atoms with van der Waals surface area (Å²) in [5.74, 6) is -0.157. The normalized spacial score (nSPS) is 11.6. The third-order valence-corrected chi connectivity index (χ3v) is 3.70. The summed E-state index contributed by atoms with van der Waals surface area (Å²) in [6.07, 6.45) is -3.51. The highest BCUT2D eigenvalue weighted by Crippen LogP contribution is 2.42. The predicted molar refractivity (Wildman–Crippen MR) is 93.9 cm³/mol. The van der Waals surface area contributed by atoms with E-state index < -0.39 is 16.7 Å². The molecule has 0 bridgehead atoms.